The van der Waals surface area contributed by atoms with Gasteiger partial charge in [0.05, 0.1) is 0 Å². The van der Waals surface area contributed by atoms with Crippen LogP contribution in [0.25, 0.3) is 0 Å². The molecule has 2 saturated heterocycles. The normalized spacial score (nSPS) is 23.5. The first-order valence-corrected chi connectivity index (χ1v) is 7.73. The summed E-state index contributed by atoms with van der Waals surface area (Å²) in [6.07, 6.45) is 0.967. The molecule has 3 rings (SSSR count). The molecule has 0 bridgehead atoms. The molecule has 2 aliphatic rings. The molecule has 2 heterocycles. The van der Waals surface area contributed by atoms with Crippen molar-refractivity contribution in [2.75, 3.05) is 39.3 Å². The van der Waals surface area contributed by atoms with E-state index in [1.165, 1.54) is 0 Å². The summed E-state index contributed by atoms with van der Waals surface area (Å²) in [6, 6.07) is 8.11. The van der Waals surface area contributed by atoms with Crippen LogP contribution in [0, 0.1) is 5.82 Å². The number of hydrogen-bond acceptors (Lipinski definition) is 3. The summed E-state index contributed by atoms with van der Waals surface area (Å²) in [6.45, 7) is 8.79. The summed E-state index contributed by atoms with van der Waals surface area (Å²) in [5.41, 5.74) is 0.855. The molecule has 1 unspecified atom stereocenters. The fraction of sp³-hybridized carbons (Fsp3) is 0.625. The zero-order valence-corrected chi connectivity index (χ0v) is 12.2. The number of halogens is 1. The van der Waals surface area contributed by atoms with Crippen LogP contribution in [0.1, 0.15) is 24.9 Å². The number of rotatable bonds is 4. The molecule has 2 fully saturated rings. The fourth-order valence-corrected chi connectivity index (χ4v) is 3.44. The van der Waals surface area contributed by atoms with Crippen LogP contribution in [0.15, 0.2) is 24.3 Å². The van der Waals surface area contributed by atoms with Gasteiger partial charge in [-0.25, -0.2) is 4.39 Å². The van der Waals surface area contributed by atoms with Crippen molar-refractivity contribution in [3.63, 3.8) is 0 Å². The van der Waals surface area contributed by atoms with Gasteiger partial charge in [-0.3, -0.25) is 9.80 Å². The monoisotopic (exact) mass is 277 g/mol. The minimum Gasteiger partial charge on any atom is -0.314 e. The molecule has 0 radical (unpaired) electrons. The van der Waals surface area contributed by atoms with Gasteiger partial charge >= 0.3 is 0 Å². The summed E-state index contributed by atoms with van der Waals surface area (Å²) in [4.78, 5) is 4.99. The van der Waals surface area contributed by atoms with Crippen molar-refractivity contribution in [3.8, 4) is 0 Å². The molecule has 0 saturated carbocycles. The Labute approximate surface area is 120 Å². The Morgan fingerprint density at radius 2 is 1.95 bits per heavy atom. The number of piperazine rings is 1. The second-order valence-corrected chi connectivity index (χ2v) is 5.84. The third kappa shape index (κ3) is 2.73. The van der Waals surface area contributed by atoms with Crippen molar-refractivity contribution < 1.29 is 4.39 Å². The minimum absolute atomic E-state index is 0.0648. The second kappa shape index (κ2) is 6.20. The third-order valence-corrected chi connectivity index (χ3v) is 4.65. The first-order chi connectivity index (χ1) is 9.79. The lowest BCUT2D eigenvalue weighted by molar-refractivity contribution is -0.00319. The van der Waals surface area contributed by atoms with Crippen LogP contribution in [-0.2, 0) is 0 Å². The summed E-state index contributed by atoms with van der Waals surface area (Å²) in [7, 11) is 0. The van der Waals surface area contributed by atoms with Gasteiger partial charge in [-0.15, -0.1) is 0 Å². The highest BCUT2D eigenvalue weighted by Gasteiger charge is 2.36. The molecule has 4 heteroatoms. The Balaban J connectivity index is 1.61. The average molecular weight is 277 g/mol. The SMILES string of the molecule is CCC(c1ccccc1F)N1CC(N2CCNCC2)C1. The summed E-state index contributed by atoms with van der Waals surface area (Å²) in [5.74, 6) is -0.0648. The number of nitrogens with zero attached hydrogens (tertiary/aromatic N) is 2. The van der Waals surface area contributed by atoms with Gasteiger partial charge in [0.2, 0.25) is 0 Å². The largest absolute Gasteiger partial charge is 0.314 e. The molecular formula is C16H24FN3. The van der Waals surface area contributed by atoms with Crippen LogP contribution in [-0.4, -0.2) is 55.1 Å². The number of benzene rings is 1. The maximum Gasteiger partial charge on any atom is 0.127 e. The maximum atomic E-state index is 14.0. The van der Waals surface area contributed by atoms with E-state index >= 15 is 0 Å². The predicted molar refractivity (Wildman–Crippen MR) is 79.2 cm³/mol. The van der Waals surface area contributed by atoms with Crippen molar-refractivity contribution in [1.82, 2.24) is 15.1 Å². The van der Waals surface area contributed by atoms with E-state index in [1.54, 1.807) is 12.1 Å². The van der Waals surface area contributed by atoms with Crippen LogP contribution in [0.2, 0.25) is 0 Å². The highest BCUT2D eigenvalue weighted by atomic mass is 19.1. The molecule has 20 heavy (non-hydrogen) atoms. The average Bonchev–Trinajstić information content (AvgIpc) is 2.44. The van der Waals surface area contributed by atoms with Gasteiger partial charge in [-0.2, -0.15) is 0 Å². The van der Waals surface area contributed by atoms with Crippen LogP contribution in [0.4, 0.5) is 4.39 Å². The number of likely N-dealkylation sites (tertiary alicyclic amines) is 1. The van der Waals surface area contributed by atoms with E-state index in [2.05, 4.69) is 22.0 Å². The number of nitrogens with one attached hydrogen (secondary N) is 1. The predicted octanol–water partition coefficient (Wildman–Crippen LogP) is 1.87. The second-order valence-electron chi connectivity index (χ2n) is 5.84. The smallest absolute Gasteiger partial charge is 0.127 e. The highest BCUT2D eigenvalue weighted by Crippen LogP contribution is 2.31. The Morgan fingerprint density at radius 3 is 2.60 bits per heavy atom. The molecule has 110 valence electrons. The minimum atomic E-state index is -0.0648. The van der Waals surface area contributed by atoms with Gasteiger partial charge in [-0.1, -0.05) is 25.1 Å². The van der Waals surface area contributed by atoms with Crippen LogP contribution in [0.3, 0.4) is 0 Å². The molecule has 1 atom stereocenters. The van der Waals surface area contributed by atoms with Crippen LogP contribution >= 0.6 is 0 Å². The van der Waals surface area contributed by atoms with E-state index in [-0.39, 0.29) is 11.9 Å². The molecule has 0 spiro atoms. The van der Waals surface area contributed by atoms with E-state index < -0.39 is 0 Å². The van der Waals surface area contributed by atoms with Gasteiger partial charge in [0.15, 0.2) is 0 Å². The van der Waals surface area contributed by atoms with E-state index in [9.17, 15) is 4.39 Å². The summed E-state index contributed by atoms with van der Waals surface area (Å²) < 4.78 is 14.0. The quantitative estimate of drug-likeness (QED) is 0.906. The topological polar surface area (TPSA) is 18.5 Å². The first kappa shape index (κ1) is 14.0. The van der Waals surface area contributed by atoms with Gasteiger partial charge in [0.1, 0.15) is 5.82 Å². The molecule has 3 nitrogen and oxygen atoms in total. The van der Waals surface area contributed by atoms with Crippen LogP contribution < -0.4 is 5.32 Å². The first-order valence-electron chi connectivity index (χ1n) is 7.73. The lowest BCUT2D eigenvalue weighted by Crippen LogP contribution is -2.63. The lowest BCUT2D eigenvalue weighted by atomic mass is 9.96. The Bertz CT molecular complexity index is 439. The summed E-state index contributed by atoms with van der Waals surface area (Å²) >= 11 is 0. The Kier molecular flexibility index (Phi) is 4.34. The molecule has 1 aromatic rings. The van der Waals surface area contributed by atoms with E-state index in [0.717, 1.165) is 51.3 Å². The van der Waals surface area contributed by atoms with Crippen LogP contribution in [0.5, 0.6) is 0 Å². The molecule has 0 aromatic heterocycles. The van der Waals surface area contributed by atoms with E-state index in [1.807, 2.05) is 12.1 Å². The molecular weight excluding hydrogens is 253 g/mol. The van der Waals surface area contributed by atoms with E-state index in [4.69, 9.17) is 0 Å². The zero-order chi connectivity index (χ0) is 13.9. The van der Waals surface area contributed by atoms with Gasteiger partial charge in [-0.05, 0) is 12.5 Å². The summed E-state index contributed by atoms with van der Waals surface area (Å²) in [5, 5.41) is 3.39. The lowest BCUT2D eigenvalue weighted by Gasteiger charge is -2.50. The van der Waals surface area contributed by atoms with Crippen molar-refractivity contribution in [3.05, 3.63) is 35.6 Å². The highest BCUT2D eigenvalue weighted by molar-refractivity contribution is 5.22. The van der Waals surface area contributed by atoms with E-state index in [0.29, 0.717) is 6.04 Å². The van der Waals surface area contributed by atoms with Crippen molar-refractivity contribution in [2.45, 2.75) is 25.4 Å². The standard InChI is InChI=1S/C16H24FN3/c1-2-16(14-5-3-4-6-15(14)17)20-11-13(12-20)19-9-7-18-8-10-19/h3-6,13,16,18H,2,7-12H2,1H3. The fourth-order valence-electron chi connectivity index (χ4n) is 3.44. The molecule has 1 aromatic carbocycles. The molecule has 0 amide bonds. The van der Waals surface area contributed by atoms with Crippen molar-refractivity contribution in [1.29, 1.82) is 0 Å². The zero-order valence-electron chi connectivity index (χ0n) is 12.2. The number of hydrogen-bond donors (Lipinski definition) is 1. The molecule has 0 aliphatic carbocycles. The van der Waals surface area contributed by atoms with Crippen molar-refractivity contribution >= 4 is 0 Å². The third-order valence-electron chi connectivity index (χ3n) is 4.65. The van der Waals surface area contributed by atoms with Gasteiger partial charge in [0, 0.05) is 56.9 Å². The maximum absolute atomic E-state index is 14.0. The molecule has 1 N–H and O–H groups in total. The van der Waals surface area contributed by atoms with Gasteiger partial charge in [0.25, 0.3) is 0 Å². The Hall–Kier alpha value is -0.970. The van der Waals surface area contributed by atoms with Gasteiger partial charge < -0.3 is 5.32 Å². The Morgan fingerprint density at radius 1 is 1.25 bits per heavy atom. The molecule has 2 aliphatic heterocycles. The van der Waals surface area contributed by atoms with Crippen molar-refractivity contribution in [2.24, 2.45) is 0 Å².